The average molecular weight is 305 g/mol. The van der Waals surface area contributed by atoms with Gasteiger partial charge in [-0.2, -0.15) is 0 Å². The summed E-state index contributed by atoms with van der Waals surface area (Å²) in [4.78, 5) is 19.0. The Kier molecular flexibility index (Phi) is 4.52. The lowest BCUT2D eigenvalue weighted by molar-refractivity contribution is 0.0919. The number of likely N-dealkylation sites (tertiary alicyclic amines) is 1. The van der Waals surface area contributed by atoms with Crippen LogP contribution >= 0.6 is 0 Å². The van der Waals surface area contributed by atoms with Crippen molar-refractivity contribution in [3.05, 3.63) is 17.8 Å². The molecule has 5 nitrogen and oxygen atoms in total. The molecule has 3 rings (SSSR count). The summed E-state index contributed by atoms with van der Waals surface area (Å²) in [6, 6.07) is 0.212. The number of hydrogen-bond acceptors (Lipinski definition) is 4. The summed E-state index contributed by atoms with van der Waals surface area (Å²) in [6.45, 7) is 9.52. The third-order valence-electron chi connectivity index (χ3n) is 5.31. The Hall–Kier alpha value is -1.36. The fourth-order valence-corrected chi connectivity index (χ4v) is 3.69. The minimum atomic E-state index is -0.104. The Labute approximate surface area is 132 Å². The predicted molar refractivity (Wildman–Crippen MR) is 84.6 cm³/mol. The van der Waals surface area contributed by atoms with Crippen molar-refractivity contribution in [1.29, 1.82) is 0 Å². The number of carbonyl (C=O) groups is 1. The molecule has 22 heavy (non-hydrogen) atoms. The molecule has 1 N–H and O–H groups in total. The second-order valence-electron chi connectivity index (χ2n) is 7.26. The maximum absolute atomic E-state index is 12.4. The fourth-order valence-electron chi connectivity index (χ4n) is 3.69. The van der Waals surface area contributed by atoms with Crippen LogP contribution in [0.1, 0.15) is 49.4 Å². The van der Waals surface area contributed by atoms with Gasteiger partial charge in [0.2, 0.25) is 0 Å². The maximum Gasteiger partial charge on any atom is 0.273 e. The standard InChI is InChI=1S/C17H27N3O2/c1-11(2)14-8-20(7-13-5-4-6-13)9-15(14)19-17(21)16-12(3)22-10-18-16/h10-11,13-15H,4-9H2,1-3H3,(H,19,21)/t14-,15+/m0/s1. The van der Waals surface area contributed by atoms with Crippen molar-refractivity contribution >= 4 is 5.91 Å². The Morgan fingerprint density at radius 2 is 2.23 bits per heavy atom. The molecular weight excluding hydrogens is 278 g/mol. The summed E-state index contributed by atoms with van der Waals surface area (Å²) in [5.74, 6) is 2.43. The number of carbonyl (C=O) groups excluding carboxylic acids is 1. The van der Waals surface area contributed by atoms with E-state index in [9.17, 15) is 4.79 Å². The van der Waals surface area contributed by atoms with E-state index in [0.29, 0.717) is 23.3 Å². The van der Waals surface area contributed by atoms with E-state index in [0.717, 1.165) is 19.0 Å². The Balaban J connectivity index is 1.62. The van der Waals surface area contributed by atoms with Crippen LogP contribution in [0.2, 0.25) is 0 Å². The van der Waals surface area contributed by atoms with Crippen molar-refractivity contribution in [3.63, 3.8) is 0 Å². The van der Waals surface area contributed by atoms with E-state index >= 15 is 0 Å². The SMILES string of the molecule is Cc1ocnc1C(=O)N[C@@H]1CN(CC2CCC2)C[C@H]1C(C)C. The molecule has 122 valence electrons. The number of aromatic nitrogens is 1. The third kappa shape index (κ3) is 3.19. The fraction of sp³-hybridized carbons (Fsp3) is 0.765. The second-order valence-corrected chi connectivity index (χ2v) is 7.26. The monoisotopic (exact) mass is 305 g/mol. The Morgan fingerprint density at radius 1 is 1.45 bits per heavy atom. The van der Waals surface area contributed by atoms with Gasteiger partial charge in [-0.3, -0.25) is 4.79 Å². The number of aryl methyl sites for hydroxylation is 1. The number of nitrogens with one attached hydrogen (secondary N) is 1. The van der Waals surface area contributed by atoms with Gasteiger partial charge in [-0.1, -0.05) is 20.3 Å². The summed E-state index contributed by atoms with van der Waals surface area (Å²) in [6.07, 6.45) is 5.47. The van der Waals surface area contributed by atoms with E-state index in [1.807, 2.05) is 0 Å². The molecule has 2 aliphatic rings. The molecule has 1 aromatic heterocycles. The molecular formula is C17H27N3O2. The number of amides is 1. The van der Waals surface area contributed by atoms with Crippen LogP contribution < -0.4 is 5.32 Å². The maximum atomic E-state index is 12.4. The lowest BCUT2D eigenvalue weighted by atomic mass is 9.85. The van der Waals surface area contributed by atoms with Crippen LogP contribution in [-0.2, 0) is 0 Å². The number of rotatable bonds is 5. The average Bonchev–Trinajstić information content (AvgIpc) is 3.00. The highest BCUT2D eigenvalue weighted by Gasteiger charge is 2.37. The molecule has 1 aliphatic heterocycles. The molecule has 2 atom stereocenters. The van der Waals surface area contributed by atoms with Gasteiger partial charge >= 0.3 is 0 Å². The van der Waals surface area contributed by atoms with Crippen LogP contribution in [-0.4, -0.2) is 41.5 Å². The first-order chi connectivity index (χ1) is 10.5. The van der Waals surface area contributed by atoms with Crippen molar-refractivity contribution in [2.24, 2.45) is 17.8 Å². The highest BCUT2D eigenvalue weighted by Crippen LogP contribution is 2.31. The first-order valence-corrected chi connectivity index (χ1v) is 8.48. The molecule has 0 aromatic carbocycles. The summed E-state index contributed by atoms with van der Waals surface area (Å²) in [7, 11) is 0. The van der Waals surface area contributed by atoms with E-state index in [2.05, 4.69) is 29.0 Å². The predicted octanol–water partition coefficient (Wildman–Crippen LogP) is 2.47. The van der Waals surface area contributed by atoms with Gasteiger partial charge < -0.3 is 14.6 Å². The van der Waals surface area contributed by atoms with E-state index in [-0.39, 0.29) is 11.9 Å². The molecule has 2 fully saturated rings. The number of oxazole rings is 1. The van der Waals surface area contributed by atoms with Crippen molar-refractivity contribution < 1.29 is 9.21 Å². The van der Waals surface area contributed by atoms with Crippen molar-refractivity contribution in [3.8, 4) is 0 Å². The minimum absolute atomic E-state index is 0.104. The highest BCUT2D eigenvalue weighted by molar-refractivity contribution is 5.93. The summed E-state index contributed by atoms with van der Waals surface area (Å²) in [5.41, 5.74) is 0.417. The van der Waals surface area contributed by atoms with Crippen LogP contribution in [0.15, 0.2) is 10.8 Å². The summed E-state index contributed by atoms with van der Waals surface area (Å²) in [5, 5.41) is 3.19. The van der Waals surface area contributed by atoms with Crippen LogP contribution in [0.25, 0.3) is 0 Å². The molecule has 2 heterocycles. The van der Waals surface area contributed by atoms with Gasteiger partial charge in [0.15, 0.2) is 12.1 Å². The van der Waals surface area contributed by atoms with Gasteiger partial charge in [-0.05, 0) is 37.5 Å². The zero-order valence-corrected chi connectivity index (χ0v) is 13.8. The van der Waals surface area contributed by atoms with E-state index in [4.69, 9.17) is 4.42 Å². The first kappa shape index (κ1) is 15.5. The molecule has 5 heteroatoms. The van der Waals surface area contributed by atoms with Crippen LogP contribution in [0.3, 0.4) is 0 Å². The molecule has 1 aliphatic carbocycles. The lowest BCUT2D eigenvalue weighted by Gasteiger charge is -2.30. The van der Waals surface area contributed by atoms with Crippen molar-refractivity contribution in [2.75, 3.05) is 19.6 Å². The quantitative estimate of drug-likeness (QED) is 0.908. The smallest absolute Gasteiger partial charge is 0.273 e. The van der Waals surface area contributed by atoms with Gasteiger partial charge in [-0.15, -0.1) is 0 Å². The normalized spacial score (nSPS) is 26.4. The molecule has 1 saturated heterocycles. The van der Waals surface area contributed by atoms with Crippen LogP contribution in [0.5, 0.6) is 0 Å². The highest BCUT2D eigenvalue weighted by atomic mass is 16.3. The molecule has 0 bridgehead atoms. The van der Waals surface area contributed by atoms with Crippen molar-refractivity contribution in [1.82, 2.24) is 15.2 Å². The largest absolute Gasteiger partial charge is 0.448 e. The third-order valence-corrected chi connectivity index (χ3v) is 5.31. The Bertz CT molecular complexity index is 522. The van der Waals surface area contributed by atoms with E-state index < -0.39 is 0 Å². The lowest BCUT2D eigenvalue weighted by Crippen LogP contribution is -2.42. The molecule has 1 amide bonds. The van der Waals surface area contributed by atoms with Gasteiger partial charge in [-0.25, -0.2) is 4.98 Å². The topological polar surface area (TPSA) is 58.4 Å². The molecule has 0 radical (unpaired) electrons. The van der Waals surface area contributed by atoms with E-state index in [1.54, 1.807) is 6.92 Å². The van der Waals surface area contributed by atoms with Gasteiger partial charge in [0.1, 0.15) is 5.76 Å². The van der Waals surface area contributed by atoms with Crippen LogP contribution in [0.4, 0.5) is 0 Å². The zero-order valence-electron chi connectivity index (χ0n) is 13.8. The second kappa shape index (κ2) is 6.41. The minimum Gasteiger partial charge on any atom is -0.448 e. The summed E-state index contributed by atoms with van der Waals surface area (Å²) < 4.78 is 5.14. The van der Waals surface area contributed by atoms with Crippen LogP contribution in [0, 0.1) is 24.7 Å². The number of hydrogen-bond donors (Lipinski definition) is 1. The first-order valence-electron chi connectivity index (χ1n) is 8.48. The molecule has 1 aromatic rings. The molecule has 0 spiro atoms. The van der Waals surface area contributed by atoms with E-state index in [1.165, 1.54) is 32.2 Å². The van der Waals surface area contributed by atoms with Gasteiger partial charge in [0.25, 0.3) is 5.91 Å². The molecule has 0 unspecified atom stereocenters. The van der Waals surface area contributed by atoms with Gasteiger partial charge in [0.05, 0.1) is 0 Å². The zero-order chi connectivity index (χ0) is 15.7. The van der Waals surface area contributed by atoms with Crippen molar-refractivity contribution in [2.45, 2.75) is 46.1 Å². The van der Waals surface area contributed by atoms with Gasteiger partial charge in [0, 0.05) is 25.7 Å². The molecule has 1 saturated carbocycles. The Morgan fingerprint density at radius 3 is 2.77 bits per heavy atom. The summed E-state index contributed by atoms with van der Waals surface area (Å²) >= 11 is 0. The number of nitrogens with zero attached hydrogens (tertiary/aromatic N) is 2.